The van der Waals surface area contributed by atoms with E-state index in [0.717, 1.165) is 73.3 Å². The van der Waals surface area contributed by atoms with E-state index in [9.17, 15) is 8.42 Å². The van der Waals surface area contributed by atoms with Crippen molar-refractivity contribution in [1.82, 2.24) is 9.55 Å². The van der Waals surface area contributed by atoms with Crippen LogP contribution in [-0.4, -0.2) is 18.0 Å². The fraction of sp³-hybridized carbons (Fsp3) is 0.213. The molecule has 1 spiro atoms. The number of nitrogens with zero attached hydrogens (tertiary/aromatic N) is 2. The summed E-state index contributed by atoms with van der Waals surface area (Å²) >= 11 is 0. The molecule has 4 fully saturated rings. The third-order valence-corrected chi connectivity index (χ3v) is 14.8. The van der Waals surface area contributed by atoms with Crippen LogP contribution in [0.4, 0.5) is 0 Å². The van der Waals surface area contributed by atoms with Crippen LogP contribution in [0.5, 0.6) is 0 Å². The molecule has 4 bridgehead atoms. The van der Waals surface area contributed by atoms with E-state index in [1.165, 1.54) is 32.1 Å². The number of imidazole rings is 1. The molecule has 0 unspecified atom stereocenters. The van der Waals surface area contributed by atoms with Gasteiger partial charge in [0.25, 0.3) is 0 Å². The van der Waals surface area contributed by atoms with Crippen LogP contribution in [0.3, 0.4) is 0 Å². The monoisotopic (exact) mass is 694 g/mol. The smallest absolute Gasteiger partial charge is 0.207 e. The Morgan fingerprint density at radius 3 is 1.83 bits per heavy atom. The minimum atomic E-state index is -3.69. The number of sulfone groups is 1. The normalized spacial score (nSPS) is 24.9. The van der Waals surface area contributed by atoms with Gasteiger partial charge < -0.3 is 0 Å². The second-order valence-electron chi connectivity index (χ2n) is 15.6. The first-order valence-corrected chi connectivity index (χ1v) is 20.2. The first kappa shape index (κ1) is 30.4. The molecule has 1 aromatic heterocycles. The van der Waals surface area contributed by atoms with Crippen molar-refractivity contribution in [3.05, 3.63) is 157 Å². The predicted octanol–water partition coefficient (Wildman–Crippen LogP) is 10.9. The van der Waals surface area contributed by atoms with Crippen molar-refractivity contribution in [1.29, 1.82) is 0 Å². The van der Waals surface area contributed by atoms with Crippen LogP contribution >= 0.6 is 0 Å². The van der Waals surface area contributed by atoms with Crippen molar-refractivity contribution in [2.75, 3.05) is 0 Å². The molecule has 0 saturated heterocycles. The molecule has 4 aliphatic carbocycles. The standard InChI is InChI=1S/C47H38N2O2S/c50-52(51)44-19-7-4-16-40(44)47(37-23-30-22-31(25-37)26-38(47)24-30)41-21-20-35(29-45(41)52)33-11-8-10-32(27-33)34-12-9-13-36(28-34)46-48-42-17-5-6-18-43(42)49(46)39-14-2-1-3-15-39/h1-21,27-31,37-38H,22-26H2. The fourth-order valence-corrected chi connectivity index (χ4v) is 13.0. The maximum atomic E-state index is 14.5. The SMILES string of the molecule is O=S1(=O)c2ccccc2C2(c3ccc(-c4cccc(-c5cccc(-c6nc7ccccc7n6-c6ccccc6)c5)c4)cc31)C1CC3CC(C1)CC2C3. The average molecular weight is 695 g/mol. The largest absolute Gasteiger partial charge is 0.292 e. The van der Waals surface area contributed by atoms with E-state index in [1.54, 1.807) is 0 Å². The second-order valence-corrected chi connectivity index (χ2v) is 17.5. The molecule has 0 amide bonds. The van der Waals surface area contributed by atoms with Crippen LogP contribution in [0.25, 0.3) is 50.4 Å². The van der Waals surface area contributed by atoms with Crippen molar-refractivity contribution in [2.24, 2.45) is 23.7 Å². The molecule has 7 aromatic rings. The fourth-order valence-electron chi connectivity index (χ4n) is 11.2. The Bertz CT molecular complexity index is 2650. The van der Waals surface area contributed by atoms with Crippen LogP contribution < -0.4 is 0 Å². The van der Waals surface area contributed by atoms with Gasteiger partial charge in [0, 0.05) is 16.7 Å². The number of hydrogen-bond donors (Lipinski definition) is 0. The number of para-hydroxylation sites is 3. The highest BCUT2D eigenvalue weighted by atomic mass is 32.2. The number of aromatic nitrogens is 2. The molecule has 6 aromatic carbocycles. The van der Waals surface area contributed by atoms with E-state index < -0.39 is 9.84 Å². The van der Waals surface area contributed by atoms with Gasteiger partial charge in [0.15, 0.2) is 0 Å². The molecule has 0 radical (unpaired) electrons. The summed E-state index contributed by atoms with van der Waals surface area (Å²) in [6.07, 6.45) is 6.22. The summed E-state index contributed by atoms with van der Waals surface area (Å²) < 4.78 is 31.3. The molecule has 4 saturated carbocycles. The molecule has 5 aliphatic rings. The molecule has 254 valence electrons. The third-order valence-electron chi connectivity index (χ3n) is 13.0. The van der Waals surface area contributed by atoms with Crippen LogP contribution in [0.2, 0.25) is 0 Å². The predicted molar refractivity (Wildman–Crippen MR) is 207 cm³/mol. The summed E-state index contributed by atoms with van der Waals surface area (Å²) in [5.74, 6) is 3.47. The van der Waals surface area contributed by atoms with Crippen LogP contribution in [0.15, 0.2) is 155 Å². The van der Waals surface area contributed by atoms with E-state index in [-0.39, 0.29) is 5.41 Å². The summed E-state index contributed by atoms with van der Waals surface area (Å²) in [5.41, 5.74) is 10.1. The van der Waals surface area contributed by atoms with Crippen molar-refractivity contribution >= 4 is 20.9 Å². The highest BCUT2D eigenvalue weighted by molar-refractivity contribution is 7.91. The Balaban J connectivity index is 1.02. The van der Waals surface area contributed by atoms with E-state index in [2.05, 4.69) is 120 Å². The highest BCUT2D eigenvalue weighted by Gasteiger charge is 2.62. The van der Waals surface area contributed by atoms with E-state index in [4.69, 9.17) is 4.98 Å². The molecule has 52 heavy (non-hydrogen) atoms. The highest BCUT2D eigenvalue weighted by Crippen LogP contribution is 2.68. The minimum Gasteiger partial charge on any atom is -0.292 e. The zero-order valence-electron chi connectivity index (χ0n) is 28.8. The van der Waals surface area contributed by atoms with E-state index in [1.807, 2.05) is 30.3 Å². The van der Waals surface area contributed by atoms with Gasteiger partial charge in [0.05, 0.1) is 20.8 Å². The first-order valence-electron chi connectivity index (χ1n) is 18.7. The second kappa shape index (κ2) is 11.1. The van der Waals surface area contributed by atoms with Crippen LogP contribution in [0, 0.1) is 23.7 Å². The van der Waals surface area contributed by atoms with Crippen molar-refractivity contribution in [3.63, 3.8) is 0 Å². The maximum absolute atomic E-state index is 14.5. The van der Waals surface area contributed by atoms with Crippen LogP contribution in [0.1, 0.15) is 43.2 Å². The lowest BCUT2D eigenvalue weighted by molar-refractivity contribution is -0.0446. The summed E-state index contributed by atoms with van der Waals surface area (Å²) in [6.45, 7) is 0. The summed E-state index contributed by atoms with van der Waals surface area (Å²) in [7, 11) is -3.69. The van der Waals surface area contributed by atoms with Gasteiger partial charge in [0.2, 0.25) is 9.84 Å². The summed E-state index contributed by atoms with van der Waals surface area (Å²) in [5, 5.41) is 0. The average Bonchev–Trinajstić information content (AvgIpc) is 3.58. The Morgan fingerprint density at radius 1 is 0.519 bits per heavy atom. The summed E-state index contributed by atoms with van der Waals surface area (Å²) in [4.78, 5) is 6.14. The molecule has 2 heterocycles. The van der Waals surface area contributed by atoms with Gasteiger partial charge in [-0.05, 0) is 138 Å². The van der Waals surface area contributed by atoms with Gasteiger partial charge in [-0.3, -0.25) is 4.57 Å². The Labute approximate surface area is 304 Å². The molecular weight excluding hydrogens is 657 g/mol. The van der Waals surface area contributed by atoms with Gasteiger partial charge in [-0.1, -0.05) is 97.1 Å². The van der Waals surface area contributed by atoms with Gasteiger partial charge in [-0.2, -0.15) is 0 Å². The molecular formula is C47H38N2O2S. The van der Waals surface area contributed by atoms with Crippen LogP contribution in [-0.2, 0) is 15.3 Å². The Hall–Kier alpha value is -5.26. The maximum Gasteiger partial charge on any atom is 0.207 e. The van der Waals surface area contributed by atoms with E-state index in [0.29, 0.717) is 21.6 Å². The quantitative estimate of drug-likeness (QED) is 0.184. The van der Waals surface area contributed by atoms with Crippen molar-refractivity contribution in [3.8, 4) is 39.3 Å². The number of fused-ring (bicyclic) bond motifs is 3. The number of benzene rings is 6. The summed E-state index contributed by atoms with van der Waals surface area (Å²) in [6, 6.07) is 50.1. The van der Waals surface area contributed by atoms with E-state index >= 15 is 0 Å². The van der Waals surface area contributed by atoms with Gasteiger partial charge >= 0.3 is 0 Å². The van der Waals surface area contributed by atoms with Crippen molar-refractivity contribution in [2.45, 2.75) is 47.3 Å². The lowest BCUT2D eigenvalue weighted by Gasteiger charge is -2.63. The molecule has 1 aliphatic heterocycles. The van der Waals surface area contributed by atoms with Gasteiger partial charge in [-0.25, -0.2) is 13.4 Å². The molecule has 0 atom stereocenters. The zero-order valence-corrected chi connectivity index (χ0v) is 29.6. The lowest BCUT2D eigenvalue weighted by atomic mass is 9.42. The lowest BCUT2D eigenvalue weighted by Crippen LogP contribution is -2.57. The molecule has 4 nitrogen and oxygen atoms in total. The Kier molecular flexibility index (Phi) is 6.50. The number of rotatable bonds is 4. The van der Waals surface area contributed by atoms with Gasteiger partial charge in [-0.15, -0.1) is 0 Å². The molecule has 0 N–H and O–H groups in total. The van der Waals surface area contributed by atoms with Crippen molar-refractivity contribution < 1.29 is 8.42 Å². The minimum absolute atomic E-state index is 0.221. The molecule has 12 rings (SSSR count). The Morgan fingerprint density at radius 2 is 1.10 bits per heavy atom. The number of hydrogen-bond acceptors (Lipinski definition) is 3. The zero-order chi connectivity index (χ0) is 34.6. The molecule has 5 heteroatoms. The van der Waals surface area contributed by atoms with Gasteiger partial charge in [0.1, 0.15) is 5.82 Å². The third kappa shape index (κ3) is 4.26. The first-order chi connectivity index (χ1) is 25.5. The topological polar surface area (TPSA) is 52.0 Å².